The molecule has 0 atom stereocenters. The first-order valence-electron chi connectivity index (χ1n) is 4.79. The molecule has 0 unspecified atom stereocenters. The van der Waals surface area contributed by atoms with E-state index in [2.05, 4.69) is 36.6 Å². The summed E-state index contributed by atoms with van der Waals surface area (Å²) in [6.07, 6.45) is 0. The molecule has 0 fully saturated rings. The maximum absolute atomic E-state index is 13.9. The summed E-state index contributed by atoms with van der Waals surface area (Å²) < 4.78 is 32.5. The maximum atomic E-state index is 13.9. The highest BCUT2D eigenvalue weighted by atomic mass is 79.9. The van der Waals surface area contributed by atoms with E-state index < -0.39 is 17.5 Å². The Morgan fingerprint density at radius 2 is 2.11 bits per heavy atom. The number of carbonyl (C=O) groups excluding carboxylic acids is 1. The van der Waals surface area contributed by atoms with E-state index in [1.807, 2.05) is 0 Å². The Balaban J connectivity index is 3.41. The van der Waals surface area contributed by atoms with E-state index >= 15 is 0 Å². The second-order valence-electron chi connectivity index (χ2n) is 3.22. The molecule has 7 heteroatoms. The lowest BCUT2D eigenvalue weighted by Gasteiger charge is -2.17. The summed E-state index contributed by atoms with van der Waals surface area (Å²) in [5.41, 5.74) is -0.985. The van der Waals surface area contributed by atoms with Gasteiger partial charge in [0.15, 0.2) is 0 Å². The Bertz CT molecular complexity index is 527. The van der Waals surface area contributed by atoms with Gasteiger partial charge in [-0.1, -0.05) is 31.9 Å². The Hall–Kier alpha value is -1.00. The highest BCUT2D eigenvalue weighted by Crippen LogP contribution is 2.38. The first kappa shape index (κ1) is 15.1. The van der Waals surface area contributed by atoms with Gasteiger partial charge in [-0.25, -0.2) is 4.79 Å². The molecule has 1 rings (SSSR count). The number of halogens is 4. The van der Waals surface area contributed by atoms with Gasteiger partial charge in [-0.3, -0.25) is 0 Å². The molecule has 0 saturated carbocycles. The molecule has 1 aromatic carbocycles. The number of nitrogens with zero attached hydrogens (tertiary/aromatic N) is 1. The number of ether oxygens (including phenoxy) is 1. The van der Waals surface area contributed by atoms with Crippen LogP contribution in [0.25, 0.3) is 0 Å². The lowest BCUT2D eigenvalue weighted by molar-refractivity contribution is -0.173. The van der Waals surface area contributed by atoms with E-state index in [0.29, 0.717) is 4.47 Å². The zero-order valence-corrected chi connectivity index (χ0v) is 12.3. The molecule has 0 saturated heterocycles. The fraction of sp³-hybridized carbons (Fsp3) is 0.273. The summed E-state index contributed by atoms with van der Waals surface area (Å²) in [5.74, 6) is -5.55. The Kier molecular flexibility index (Phi) is 4.82. The minimum Gasteiger partial charge on any atom is -0.461 e. The monoisotopic (exact) mass is 381 g/mol. The summed E-state index contributed by atoms with van der Waals surface area (Å²) in [7, 11) is 0. The molecule has 0 amide bonds. The van der Waals surface area contributed by atoms with Crippen molar-refractivity contribution in [2.75, 3.05) is 6.61 Å². The SMILES string of the molecule is CCOC(=O)C(F)(F)c1c(Br)cc(Br)cc1C#N. The van der Waals surface area contributed by atoms with Crippen LogP contribution in [0.15, 0.2) is 21.1 Å². The summed E-state index contributed by atoms with van der Waals surface area (Å²) in [6.45, 7) is 1.26. The van der Waals surface area contributed by atoms with Crippen molar-refractivity contribution in [3.63, 3.8) is 0 Å². The third-order valence-electron chi connectivity index (χ3n) is 2.02. The number of benzene rings is 1. The minimum absolute atomic E-state index is 0.0357. The standard InChI is InChI=1S/C11H7Br2F2NO2/c1-2-18-10(17)11(14,15)9-6(5-16)3-7(12)4-8(9)13/h3-4H,2H2,1H3. The average Bonchev–Trinajstić information content (AvgIpc) is 2.27. The van der Waals surface area contributed by atoms with E-state index in [-0.39, 0.29) is 16.6 Å². The lowest BCUT2D eigenvalue weighted by atomic mass is 10.0. The van der Waals surface area contributed by atoms with Crippen LogP contribution in [0.3, 0.4) is 0 Å². The van der Waals surface area contributed by atoms with Crippen LogP contribution in [0, 0.1) is 11.3 Å². The van der Waals surface area contributed by atoms with Crippen molar-refractivity contribution in [1.82, 2.24) is 0 Å². The van der Waals surface area contributed by atoms with Crippen molar-refractivity contribution in [3.05, 3.63) is 32.2 Å². The molecule has 0 heterocycles. The summed E-state index contributed by atoms with van der Waals surface area (Å²) in [4.78, 5) is 11.3. The number of nitriles is 1. The summed E-state index contributed by atoms with van der Waals surface area (Å²) in [5, 5.41) is 8.87. The number of hydrogen-bond donors (Lipinski definition) is 0. The van der Waals surface area contributed by atoms with Gasteiger partial charge in [0.05, 0.1) is 23.8 Å². The third-order valence-corrected chi connectivity index (χ3v) is 3.10. The second-order valence-corrected chi connectivity index (χ2v) is 4.99. The number of hydrogen-bond acceptors (Lipinski definition) is 3. The molecule has 0 aliphatic rings. The lowest BCUT2D eigenvalue weighted by Crippen LogP contribution is -2.29. The number of esters is 1. The zero-order chi connectivity index (χ0) is 13.9. The molecule has 0 spiro atoms. The van der Waals surface area contributed by atoms with Crippen molar-refractivity contribution >= 4 is 37.8 Å². The first-order valence-corrected chi connectivity index (χ1v) is 6.37. The minimum atomic E-state index is -3.87. The van der Waals surface area contributed by atoms with Gasteiger partial charge in [0.25, 0.3) is 0 Å². The van der Waals surface area contributed by atoms with Crippen LogP contribution in [-0.4, -0.2) is 12.6 Å². The molecule has 0 bridgehead atoms. The highest BCUT2D eigenvalue weighted by molar-refractivity contribution is 9.11. The second kappa shape index (κ2) is 5.76. The topological polar surface area (TPSA) is 50.1 Å². The Morgan fingerprint density at radius 1 is 1.50 bits per heavy atom. The summed E-state index contributed by atoms with van der Waals surface area (Å²) >= 11 is 6.01. The predicted octanol–water partition coefficient (Wildman–Crippen LogP) is 3.74. The van der Waals surface area contributed by atoms with E-state index in [4.69, 9.17) is 5.26 Å². The van der Waals surface area contributed by atoms with Crippen molar-refractivity contribution < 1.29 is 18.3 Å². The Labute approximate surface area is 119 Å². The third kappa shape index (κ3) is 2.87. The fourth-order valence-electron chi connectivity index (χ4n) is 1.30. The molecule has 0 aliphatic carbocycles. The normalized spacial score (nSPS) is 10.9. The molecule has 96 valence electrons. The van der Waals surface area contributed by atoms with E-state index in [0.717, 1.165) is 0 Å². The average molecular weight is 383 g/mol. The maximum Gasteiger partial charge on any atom is 0.382 e. The molecule has 18 heavy (non-hydrogen) atoms. The van der Waals surface area contributed by atoms with Crippen molar-refractivity contribution in [2.24, 2.45) is 0 Å². The van der Waals surface area contributed by atoms with Gasteiger partial charge in [-0.2, -0.15) is 14.0 Å². The molecular formula is C11H7Br2F2NO2. The van der Waals surface area contributed by atoms with Gasteiger partial charge in [-0.15, -0.1) is 0 Å². The first-order chi connectivity index (χ1) is 8.34. The van der Waals surface area contributed by atoms with Crippen LogP contribution >= 0.6 is 31.9 Å². The number of alkyl halides is 2. The van der Waals surface area contributed by atoms with Gasteiger partial charge < -0.3 is 4.74 Å². The van der Waals surface area contributed by atoms with Crippen LogP contribution in [0.1, 0.15) is 18.1 Å². The molecular weight excluding hydrogens is 376 g/mol. The fourth-order valence-corrected chi connectivity index (χ4v) is 2.78. The van der Waals surface area contributed by atoms with Crippen LogP contribution in [0.2, 0.25) is 0 Å². The number of carbonyl (C=O) groups is 1. The highest BCUT2D eigenvalue weighted by Gasteiger charge is 2.46. The zero-order valence-electron chi connectivity index (χ0n) is 9.14. The van der Waals surface area contributed by atoms with E-state index in [9.17, 15) is 13.6 Å². The molecule has 1 aromatic rings. The van der Waals surface area contributed by atoms with Crippen LogP contribution in [-0.2, 0) is 15.5 Å². The molecule has 3 nitrogen and oxygen atoms in total. The molecule has 0 N–H and O–H groups in total. The smallest absolute Gasteiger partial charge is 0.382 e. The number of rotatable bonds is 3. The molecule has 0 radical (unpaired) electrons. The van der Waals surface area contributed by atoms with Crippen LogP contribution < -0.4 is 0 Å². The van der Waals surface area contributed by atoms with E-state index in [1.54, 1.807) is 6.07 Å². The van der Waals surface area contributed by atoms with Gasteiger partial charge in [0.2, 0.25) is 0 Å². The van der Waals surface area contributed by atoms with Crippen molar-refractivity contribution in [1.29, 1.82) is 5.26 Å². The van der Waals surface area contributed by atoms with E-state index in [1.165, 1.54) is 19.1 Å². The predicted molar refractivity (Wildman–Crippen MR) is 67.1 cm³/mol. The molecule has 0 aliphatic heterocycles. The van der Waals surface area contributed by atoms with Crippen molar-refractivity contribution in [2.45, 2.75) is 12.8 Å². The quantitative estimate of drug-likeness (QED) is 0.748. The van der Waals surface area contributed by atoms with Crippen LogP contribution in [0.5, 0.6) is 0 Å². The van der Waals surface area contributed by atoms with Crippen LogP contribution in [0.4, 0.5) is 8.78 Å². The van der Waals surface area contributed by atoms with Gasteiger partial charge in [-0.05, 0) is 19.1 Å². The molecule has 0 aromatic heterocycles. The summed E-state index contributed by atoms with van der Waals surface area (Å²) in [6, 6.07) is 4.18. The van der Waals surface area contributed by atoms with Gasteiger partial charge >= 0.3 is 11.9 Å². The Morgan fingerprint density at radius 3 is 2.61 bits per heavy atom. The van der Waals surface area contributed by atoms with Crippen molar-refractivity contribution in [3.8, 4) is 6.07 Å². The van der Waals surface area contributed by atoms with Gasteiger partial charge in [0.1, 0.15) is 0 Å². The largest absolute Gasteiger partial charge is 0.461 e. The van der Waals surface area contributed by atoms with Gasteiger partial charge in [0, 0.05) is 8.95 Å².